The van der Waals surface area contributed by atoms with Crippen LogP contribution in [0.15, 0.2) is 36.4 Å². The van der Waals surface area contributed by atoms with Crippen LogP contribution in [0.2, 0.25) is 0 Å². The fourth-order valence-corrected chi connectivity index (χ4v) is 4.22. The maximum atomic E-state index is 13.5. The fourth-order valence-electron chi connectivity index (χ4n) is 4.22. The molecule has 0 saturated carbocycles. The van der Waals surface area contributed by atoms with Gasteiger partial charge in [0, 0.05) is 23.4 Å². The van der Waals surface area contributed by atoms with Gasteiger partial charge in [-0.2, -0.15) is 0 Å². The van der Waals surface area contributed by atoms with Gasteiger partial charge in [0.15, 0.2) is 11.5 Å². The van der Waals surface area contributed by atoms with Crippen LogP contribution in [-0.2, 0) is 10.5 Å². The van der Waals surface area contributed by atoms with Crippen molar-refractivity contribution in [2.75, 3.05) is 23.8 Å². The number of para-hydroxylation sites is 1. The zero-order valence-corrected chi connectivity index (χ0v) is 15.7. The lowest BCUT2D eigenvalue weighted by atomic mass is 9.90. The second kappa shape index (κ2) is 5.89. The first kappa shape index (κ1) is 16.9. The number of ether oxygens (including phenoxy) is 2. The van der Waals surface area contributed by atoms with Gasteiger partial charge in [0.2, 0.25) is 5.66 Å². The van der Waals surface area contributed by atoms with E-state index < -0.39 is 5.66 Å². The lowest BCUT2D eigenvalue weighted by molar-refractivity contribution is -0.126. The highest BCUT2D eigenvalue weighted by atomic mass is 16.6. The van der Waals surface area contributed by atoms with Crippen molar-refractivity contribution >= 4 is 23.2 Å². The number of carbonyl (C=O) groups excluding carboxylic acids is 2. The van der Waals surface area contributed by atoms with Gasteiger partial charge < -0.3 is 25.0 Å². The molecule has 1 spiro atoms. The molecule has 5 rings (SSSR count). The number of anilines is 2. The first-order valence-electron chi connectivity index (χ1n) is 9.52. The van der Waals surface area contributed by atoms with E-state index in [0.717, 1.165) is 0 Å². The third-order valence-electron chi connectivity index (χ3n) is 5.73. The number of nitrogens with one attached hydrogen (secondary N) is 2. The molecule has 0 unspecified atom stereocenters. The molecule has 0 aromatic heterocycles. The molecule has 7 heteroatoms. The summed E-state index contributed by atoms with van der Waals surface area (Å²) in [6.07, 6.45) is 0.713. The maximum absolute atomic E-state index is 13.5. The lowest BCUT2D eigenvalue weighted by Gasteiger charge is -2.47. The van der Waals surface area contributed by atoms with E-state index in [1.807, 2.05) is 38.1 Å². The standard InChI is InChI=1S/C21H21N3O4/c1-3-12(2)24-19(25)13-6-4-5-7-15(13)23-21(24)14-10-17-18(28-9-8-27-17)11-16(14)22-20(21)26/h4-7,10-12,23H,3,8-9H2,1-2H3,(H,22,26)/t12-,21+/m0/s1. The van der Waals surface area contributed by atoms with E-state index in [2.05, 4.69) is 10.6 Å². The molecule has 0 bridgehead atoms. The number of benzene rings is 2. The summed E-state index contributed by atoms with van der Waals surface area (Å²) in [5.41, 5.74) is 1.18. The first-order chi connectivity index (χ1) is 13.6. The molecule has 2 aromatic carbocycles. The Balaban J connectivity index is 1.76. The molecule has 3 aliphatic heterocycles. The highest BCUT2D eigenvalue weighted by molar-refractivity contribution is 6.14. The normalized spacial score (nSPS) is 23.0. The van der Waals surface area contributed by atoms with Crippen molar-refractivity contribution in [3.05, 3.63) is 47.5 Å². The summed E-state index contributed by atoms with van der Waals surface area (Å²) in [4.78, 5) is 28.5. The van der Waals surface area contributed by atoms with Crippen molar-refractivity contribution in [3.8, 4) is 11.5 Å². The molecular weight excluding hydrogens is 358 g/mol. The van der Waals surface area contributed by atoms with Crippen molar-refractivity contribution < 1.29 is 19.1 Å². The van der Waals surface area contributed by atoms with Gasteiger partial charge in [-0.1, -0.05) is 19.1 Å². The fraction of sp³-hybridized carbons (Fsp3) is 0.333. The SMILES string of the molecule is CC[C@H](C)N1C(=O)c2ccccc2N[C@@]12C(=O)Nc1cc3c(cc12)OCCO3. The highest BCUT2D eigenvalue weighted by Gasteiger charge is 2.58. The minimum Gasteiger partial charge on any atom is -0.486 e. The largest absolute Gasteiger partial charge is 0.486 e. The minimum atomic E-state index is -1.33. The van der Waals surface area contributed by atoms with Crippen molar-refractivity contribution in [2.45, 2.75) is 32.0 Å². The van der Waals surface area contributed by atoms with Gasteiger partial charge in [-0.3, -0.25) is 9.59 Å². The minimum absolute atomic E-state index is 0.154. The zero-order chi connectivity index (χ0) is 19.5. The van der Waals surface area contributed by atoms with Gasteiger partial charge in [0.25, 0.3) is 11.8 Å². The number of carbonyl (C=O) groups is 2. The molecule has 7 nitrogen and oxygen atoms in total. The van der Waals surface area contributed by atoms with Gasteiger partial charge in [0.1, 0.15) is 13.2 Å². The summed E-state index contributed by atoms with van der Waals surface area (Å²) in [6, 6.07) is 10.7. The molecule has 2 amide bonds. The van der Waals surface area contributed by atoms with E-state index in [9.17, 15) is 9.59 Å². The first-order valence-corrected chi connectivity index (χ1v) is 9.52. The van der Waals surface area contributed by atoms with Crippen molar-refractivity contribution in [2.24, 2.45) is 0 Å². The molecule has 0 saturated heterocycles. The second-order valence-electron chi connectivity index (χ2n) is 7.31. The van der Waals surface area contributed by atoms with E-state index in [1.165, 1.54) is 0 Å². The number of hydrogen-bond donors (Lipinski definition) is 2. The molecule has 2 atom stereocenters. The Morgan fingerprint density at radius 2 is 1.82 bits per heavy atom. The Labute approximate surface area is 162 Å². The third kappa shape index (κ3) is 2.10. The lowest BCUT2D eigenvalue weighted by Crippen LogP contribution is -2.63. The predicted molar refractivity (Wildman–Crippen MR) is 104 cm³/mol. The van der Waals surface area contributed by atoms with Crippen LogP contribution in [0, 0.1) is 0 Å². The Hall–Kier alpha value is -3.22. The average Bonchev–Trinajstić information content (AvgIpc) is 2.97. The van der Waals surface area contributed by atoms with Gasteiger partial charge in [-0.25, -0.2) is 0 Å². The van der Waals surface area contributed by atoms with E-state index in [1.54, 1.807) is 17.0 Å². The smallest absolute Gasteiger partial charge is 0.276 e. The van der Waals surface area contributed by atoms with Crippen LogP contribution in [0.25, 0.3) is 0 Å². The quantitative estimate of drug-likeness (QED) is 0.839. The average molecular weight is 379 g/mol. The van der Waals surface area contributed by atoms with Crippen molar-refractivity contribution in [1.29, 1.82) is 0 Å². The van der Waals surface area contributed by atoms with Gasteiger partial charge >= 0.3 is 0 Å². The second-order valence-corrected chi connectivity index (χ2v) is 7.31. The molecule has 0 fully saturated rings. The van der Waals surface area contributed by atoms with Crippen LogP contribution < -0.4 is 20.1 Å². The van der Waals surface area contributed by atoms with Crippen LogP contribution in [0.3, 0.4) is 0 Å². The number of nitrogens with zero attached hydrogens (tertiary/aromatic N) is 1. The molecule has 0 radical (unpaired) electrons. The maximum Gasteiger partial charge on any atom is 0.276 e. The number of fused-ring (bicyclic) bond motifs is 4. The monoisotopic (exact) mass is 379 g/mol. The summed E-state index contributed by atoms with van der Waals surface area (Å²) in [6.45, 7) is 4.88. The van der Waals surface area contributed by atoms with Gasteiger partial charge in [-0.05, 0) is 31.5 Å². The predicted octanol–water partition coefficient (Wildman–Crippen LogP) is 2.93. The summed E-state index contributed by atoms with van der Waals surface area (Å²) in [5, 5.41) is 6.32. The van der Waals surface area contributed by atoms with E-state index in [-0.39, 0.29) is 17.9 Å². The molecule has 144 valence electrons. The number of hydrogen-bond acceptors (Lipinski definition) is 5. The summed E-state index contributed by atoms with van der Waals surface area (Å²) in [5.74, 6) is 0.729. The van der Waals surface area contributed by atoms with E-state index in [0.29, 0.717) is 53.6 Å². The van der Waals surface area contributed by atoms with Crippen LogP contribution in [0.4, 0.5) is 11.4 Å². The van der Waals surface area contributed by atoms with Crippen molar-refractivity contribution in [1.82, 2.24) is 4.90 Å². The van der Waals surface area contributed by atoms with E-state index >= 15 is 0 Å². The summed E-state index contributed by atoms with van der Waals surface area (Å²) >= 11 is 0. The molecular formula is C21H21N3O4. The van der Waals surface area contributed by atoms with Gasteiger partial charge in [-0.15, -0.1) is 0 Å². The number of rotatable bonds is 2. The van der Waals surface area contributed by atoms with Crippen LogP contribution in [0.5, 0.6) is 11.5 Å². The Bertz CT molecular complexity index is 1010. The summed E-state index contributed by atoms with van der Waals surface area (Å²) < 4.78 is 11.4. The molecule has 2 aromatic rings. The number of amides is 2. The Morgan fingerprint density at radius 3 is 2.57 bits per heavy atom. The Kier molecular flexibility index (Phi) is 3.56. The molecule has 0 aliphatic carbocycles. The van der Waals surface area contributed by atoms with Crippen LogP contribution in [0.1, 0.15) is 36.2 Å². The molecule has 2 N–H and O–H groups in total. The zero-order valence-electron chi connectivity index (χ0n) is 15.7. The third-order valence-corrected chi connectivity index (χ3v) is 5.73. The van der Waals surface area contributed by atoms with Crippen LogP contribution >= 0.6 is 0 Å². The highest BCUT2D eigenvalue weighted by Crippen LogP contribution is 2.50. The van der Waals surface area contributed by atoms with Gasteiger partial charge in [0.05, 0.1) is 11.3 Å². The Morgan fingerprint density at radius 1 is 1.11 bits per heavy atom. The molecule has 28 heavy (non-hydrogen) atoms. The topological polar surface area (TPSA) is 79.9 Å². The van der Waals surface area contributed by atoms with Crippen LogP contribution in [-0.4, -0.2) is 36.0 Å². The summed E-state index contributed by atoms with van der Waals surface area (Å²) in [7, 11) is 0. The van der Waals surface area contributed by atoms with Crippen molar-refractivity contribution in [3.63, 3.8) is 0 Å². The molecule has 3 heterocycles. The molecule has 3 aliphatic rings. The van der Waals surface area contributed by atoms with E-state index in [4.69, 9.17) is 9.47 Å².